The molecule has 5 heteroatoms. The summed E-state index contributed by atoms with van der Waals surface area (Å²) in [6.45, 7) is 4.59. The summed E-state index contributed by atoms with van der Waals surface area (Å²) < 4.78 is 2.03. The molecule has 1 fully saturated rings. The average Bonchev–Trinajstić information content (AvgIpc) is 2.67. The summed E-state index contributed by atoms with van der Waals surface area (Å²) in [5.41, 5.74) is 6.31. The highest BCUT2D eigenvalue weighted by atomic mass is 32.2. The van der Waals surface area contributed by atoms with Crippen LogP contribution in [-0.4, -0.2) is 31.1 Å². The maximum absolute atomic E-state index is 6.31. The predicted octanol–water partition coefficient (Wildman–Crippen LogP) is 2.05. The molecule has 0 aliphatic carbocycles. The van der Waals surface area contributed by atoms with Crippen LogP contribution in [0.25, 0.3) is 0 Å². The van der Waals surface area contributed by atoms with Gasteiger partial charge in [0, 0.05) is 40.9 Å². The molecule has 1 aromatic rings. The first kappa shape index (κ1) is 12.3. The second-order valence-corrected chi connectivity index (χ2v) is 7.37. The summed E-state index contributed by atoms with van der Waals surface area (Å²) in [6.07, 6.45) is 3.78. The number of thioether (sulfide) groups is 2. The third-order valence-electron chi connectivity index (χ3n) is 3.13. The fraction of sp³-hybridized carbons (Fsp3) is 0.727. The van der Waals surface area contributed by atoms with E-state index in [1.165, 1.54) is 0 Å². The lowest BCUT2D eigenvalue weighted by atomic mass is 10.2. The average molecular weight is 257 g/mol. The van der Waals surface area contributed by atoms with Gasteiger partial charge in [-0.15, -0.1) is 0 Å². The van der Waals surface area contributed by atoms with Crippen molar-refractivity contribution in [2.24, 2.45) is 12.8 Å². The normalized spacial score (nSPS) is 32.6. The van der Waals surface area contributed by atoms with Crippen molar-refractivity contribution in [3.05, 3.63) is 18.2 Å². The van der Waals surface area contributed by atoms with Crippen molar-refractivity contribution >= 4 is 23.5 Å². The van der Waals surface area contributed by atoms with Gasteiger partial charge in [-0.25, -0.2) is 4.98 Å². The van der Waals surface area contributed by atoms with E-state index in [0.29, 0.717) is 10.5 Å². The van der Waals surface area contributed by atoms with E-state index in [4.69, 9.17) is 5.73 Å². The van der Waals surface area contributed by atoms with Gasteiger partial charge < -0.3 is 10.3 Å². The molecule has 0 saturated carbocycles. The van der Waals surface area contributed by atoms with E-state index in [0.717, 1.165) is 16.8 Å². The van der Waals surface area contributed by atoms with Gasteiger partial charge in [0.1, 0.15) is 5.82 Å². The number of aryl methyl sites for hydroxylation is 1. The van der Waals surface area contributed by atoms with Crippen molar-refractivity contribution in [2.45, 2.75) is 35.6 Å². The van der Waals surface area contributed by atoms with E-state index in [1.807, 2.05) is 47.5 Å². The number of aromatic nitrogens is 2. The molecule has 4 unspecified atom stereocenters. The molecule has 0 bridgehead atoms. The van der Waals surface area contributed by atoms with Gasteiger partial charge in [-0.05, 0) is 0 Å². The van der Waals surface area contributed by atoms with Crippen LogP contribution in [0.1, 0.15) is 25.7 Å². The van der Waals surface area contributed by atoms with E-state index in [2.05, 4.69) is 18.8 Å². The Kier molecular flexibility index (Phi) is 3.87. The summed E-state index contributed by atoms with van der Waals surface area (Å²) >= 11 is 4.04. The molecule has 4 atom stereocenters. The first-order valence-corrected chi connectivity index (χ1v) is 7.58. The lowest BCUT2D eigenvalue weighted by Gasteiger charge is -2.34. The Hall–Kier alpha value is -0.130. The van der Waals surface area contributed by atoms with Crippen LogP contribution >= 0.6 is 23.5 Å². The van der Waals surface area contributed by atoms with Gasteiger partial charge >= 0.3 is 0 Å². The van der Waals surface area contributed by atoms with Crippen LogP contribution in [-0.2, 0) is 7.05 Å². The number of hydrogen-bond donors (Lipinski definition) is 1. The second kappa shape index (κ2) is 5.02. The van der Waals surface area contributed by atoms with Crippen molar-refractivity contribution < 1.29 is 0 Å². The number of nitrogens with zero attached hydrogens (tertiary/aromatic N) is 2. The van der Waals surface area contributed by atoms with Crippen molar-refractivity contribution in [2.75, 3.05) is 5.75 Å². The molecule has 16 heavy (non-hydrogen) atoms. The van der Waals surface area contributed by atoms with Crippen LogP contribution in [0.4, 0.5) is 0 Å². The van der Waals surface area contributed by atoms with E-state index >= 15 is 0 Å². The lowest BCUT2D eigenvalue weighted by molar-refractivity contribution is 0.627. The molecule has 1 aliphatic heterocycles. The van der Waals surface area contributed by atoms with E-state index in [1.54, 1.807) is 0 Å². The molecule has 2 rings (SSSR count). The third-order valence-corrected chi connectivity index (χ3v) is 6.65. The lowest BCUT2D eigenvalue weighted by Crippen LogP contribution is -2.35. The van der Waals surface area contributed by atoms with Crippen LogP contribution in [0, 0.1) is 0 Å². The van der Waals surface area contributed by atoms with Crippen molar-refractivity contribution in [3.8, 4) is 0 Å². The molecule has 0 radical (unpaired) electrons. The summed E-state index contributed by atoms with van der Waals surface area (Å²) in [5, 5.41) is 1.89. The van der Waals surface area contributed by atoms with Gasteiger partial charge in [0.2, 0.25) is 0 Å². The first-order chi connectivity index (χ1) is 7.59. The highest BCUT2D eigenvalue weighted by Gasteiger charge is 2.31. The van der Waals surface area contributed by atoms with Gasteiger partial charge in [0.15, 0.2) is 0 Å². The van der Waals surface area contributed by atoms with Crippen molar-refractivity contribution in [1.82, 2.24) is 9.55 Å². The van der Waals surface area contributed by atoms with Crippen molar-refractivity contribution in [3.63, 3.8) is 0 Å². The van der Waals surface area contributed by atoms with Gasteiger partial charge in [-0.3, -0.25) is 0 Å². The minimum absolute atomic E-state index is 0.0486. The fourth-order valence-corrected chi connectivity index (χ4v) is 4.87. The zero-order valence-electron chi connectivity index (χ0n) is 9.96. The number of hydrogen-bond acceptors (Lipinski definition) is 4. The molecule has 3 nitrogen and oxygen atoms in total. The second-order valence-electron chi connectivity index (χ2n) is 4.34. The number of imidazole rings is 1. The quantitative estimate of drug-likeness (QED) is 0.880. The first-order valence-electron chi connectivity index (χ1n) is 5.59. The molecule has 1 aliphatic rings. The Bertz CT molecular complexity index is 353. The molecule has 2 heterocycles. The highest BCUT2D eigenvalue weighted by Crippen LogP contribution is 2.39. The van der Waals surface area contributed by atoms with Crippen LogP contribution < -0.4 is 5.73 Å². The Balaban J connectivity index is 2.06. The van der Waals surface area contributed by atoms with Gasteiger partial charge in [-0.1, -0.05) is 13.8 Å². The Morgan fingerprint density at radius 3 is 2.81 bits per heavy atom. The van der Waals surface area contributed by atoms with E-state index < -0.39 is 0 Å². The molecular formula is C11H19N3S2. The van der Waals surface area contributed by atoms with Crippen LogP contribution in [0.3, 0.4) is 0 Å². The molecule has 1 aromatic heterocycles. The highest BCUT2D eigenvalue weighted by molar-refractivity contribution is 8.07. The van der Waals surface area contributed by atoms with Crippen molar-refractivity contribution in [1.29, 1.82) is 0 Å². The topological polar surface area (TPSA) is 43.8 Å². The van der Waals surface area contributed by atoms with Crippen LogP contribution in [0.5, 0.6) is 0 Å². The molecule has 2 N–H and O–H groups in total. The predicted molar refractivity (Wildman–Crippen MR) is 72.9 cm³/mol. The summed E-state index contributed by atoms with van der Waals surface area (Å²) in [6, 6.07) is 0.0486. The van der Waals surface area contributed by atoms with Crippen LogP contribution in [0.2, 0.25) is 0 Å². The van der Waals surface area contributed by atoms with Gasteiger partial charge in [0.05, 0.1) is 6.04 Å². The van der Waals surface area contributed by atoms with E-state index in [9.17, 15) is 0 Å². The zero-order valence-corrected chi connectivity index (χ0v) is 11.6. The smallest absolute Gasteiger partial charge is 0.126 e. The number of nitrogens with two attached hydrogens (primary N) is 1. The minimum atomic E-state index is 0.0486. The monoisotopic (exact) mass is 257 g/mol. The maximum atomic E-state index is 6.31. The standard InChI is InChI=1S/C11H19N3S2/c1-7-8(2)16-9(6-15-7)10(12)11-13-4-5-14(11)3/h4-5,7-10H,6,12H2,1-3H3. The SMILES string of the molecule is CC1SCC(C(N)c2nccn2C)SC1C. The zero-order chi connectivity index (χ0) is 11.7. The molecule has 90 valence electrons. The molecular weight excluding hydrogens is 238 g/mol. The Labute approximate surface area is 106 Å². The van der Waals surface area contributed by atoms with Gasteiger partial charge in [-0.2, -0.15) is 23.5 Å². The van der Waals surface area contributed by atoms with Crippen LogP contribution in [0.15, 0.2) is 12.4 Å². The van der Waals surface area contributed by atoms with E-state index in [-0.39, 0.29) is 6.04 Å². The molecule has 0 amide bonds. The summed E-state index contributed by atoms with van der Waals surface area (Å²) in [4.78, 5) is 4.35. The molecule has 0 aromatic carbocycles. The Morgan fingerprint density at radius 2 is 2.25 bits per heavy atom. The molecule has 0 spiro atoms. The third kappa shape index (κ3) is 2.41. The van der Waals surface area contributed by atoms with Gasteiger partial charge in [0.25, 0.3) is 0 Å². The summed E-state index contributed by atoms with van der Waals surface area (Å²) in [5.74, 6) is 2.13. The maximum Gasteiger partial charge on any atom is 0.126 e. The fourth-order valence-electron chi connectivity index (χ4n) is 1.86. The minimum Gasteiger partial charge on any atom is -0.337 e. The largest absolute Gasteiger partial charge is 0.337 e. The summed E-state index contributed by atoms with van der Waals surface area (Å²) in [7, 11) is 2.01. The molecule has 1 saturated heterocycles. The number of rotatable bonds is 2. The Morgan fingerprint density at radius 1 is 1.50 bits per heavy atom.